The van der Waals surface area contributed by atoms with Gasteiger partial charge in [0.2, 0.25) is 5.95 Å². The summed E-state index contributed by atoms with van der Waals surface area (Å²) in [5.41, 5.74) is 4.90. The van der Waals surface area contributed by atoms with Crippen molar-refractivity contribution >= 4 is 33.1 Å². The summed E-state index contributed by atoms with van der Waals surface area (Å²) in [7, 11) is 0. The van der Waals surface area contributed by atoms with Crippen molar-refractivity contribution in [2.45, 2.75) is 33.1 Å². The number of nitrogens with zero attached hydrogens (tertiary/aromatic N) is 4. The number of thiophene rings is 1. The van der Waals surface area contributed by atoms with E-state index in [1.165, 1.54) is 16.9 Å². The summed E-state index contributed by atoms with van der Waals surface area (Å²) in [5.74, 6) is 7.56. The summed E-state index contributed by atoms with van der Waals surface area (Å²) >= 11 is 1.77. The summed E-state index contributed by atoms with van der Waals surface area (Å²) in [6.07, 6.45) is 3.50. The van der Waals surface area contributed by atoms with Gasteiger partial charge in [-0.2, -0.15) is 4.52 Å². The van der Waals surface area contributed by atoms with E-state index in [1.807, 2.05) is 6.92 Å². The van der Waals surface area contributed by atoms with E-state index in [-0.39, 0.29) is 0 Å². The van der Waals surface area contributed by atoms with E-state index < -0.39 is 0 Å². The van der Waals surface area contributed by atoms with Gasteiger partial charge < -0.3 is 0 Å². The van der Waals surface area contributed by atoms with Crippen molar-refractivity contribution < 1.29 is 0 Å². The highest BCUT2D eigenvalue weighted by atomic mass is 32.1. The molecule has 0 spiro atoms. The van der Waals surface area contributed by atoms with Gasteiger partial charge in [0, 0.05) is 4.88 Å². The standard InChI is InChI=1S/C13H16N6S/c1-6-3-4-9-8(5-6)10-11-15-7(2)18-19(11)13(17-14)16-12(10)20-9/h6H,3-5,14H2,1-2H3,(H,16,17)/t6-/m0/s1. The summed E-state index contributed by atoms with van der Waals surface area (Å²) in [4.78, 5) is 11.6. The predicted octanol–water partition coefficient (Wildman–Crippen LogP) is 2.06. The van der Waals surface area contributed by atoms with Crippen LogP contribution in [0.4, 0.5) is 5.95 Å². The molecule has 104 valence electrons. The minimum absolute atomic E-state index is 0.541. The molecular formula is C13H16N6S. The number of hydrogen-bond donors (Lipinski definition) is 2. The SMILES string of the molecule is Cc1nc2c3c4c(sc3nc(NN)n2n1)CC[C@H](C)C4. The maximum Gasteiger partial charge on any atom is 0.241 e. The van der Waals surface area contributed by atoms with Crippen LogP contribution in [0.2, 0.25) is 0 Å². The van der Waals surface area contributed by atoms with Gasteiger partial charge in [-0.25, -0.2) is 15.8 Å². The zero-order valence-corrected chi connectivity index (χ0v) is 12.3. The third-order valence-electron chi connectivity index (χ3n) is 3.96. The molecule has 1 atom stereocenters. The summed E-state index contributed by atoms with van der Waals surface area (Å²) in [6.45, 7) is 4.20. The molecule has 0 saturated heterocycles. The number of hydrogen-bond acceptors (Lipinski definition) is 6. The molecule has 0 unspecified atom stereocenters. The fraction of sp³-hybridized carbons (Fsp3) is 0.462. The molecule has 7 heteroatoms. The van der Waals surface area contributed by atoms with Crippen molar-refractivity contribution in [1.29, 1.82) is 0 Å². The van der Waals surface area contributed by atoms with E-state index in [0.29, 0.717) is 5.95 Å². The average molecular weight is 288 g/mol. The van der Waals surface area contributed by atoms with Crippen LogP contribution in [0.15, 0.2) is 0 Å². The van der Waals surface area contributed by atoms with E-state index >= 15 is 0 Å². The maximum atomic E-state index is 5.56. The molecule has 0 aromatic carbocycles. The molecule has 3 aromatic rings. The second kappa shape index (κ2) is 4.13. The second-order valence-corrected chi connectivity index (χ2v) is 6.59. The number of hydrazine groups is 1. The van der Waals surface area contributed by atoms with Crippen LogP contribution in [-0.2, 0) is 12.8 Å². The first-order valence-electron chi connectivity index (χ1n) is 6.81. The third kappa shape index (κ3) is 1.56. The molecular weight excluding hydrogens is 272 g/mol. The summed E-state index contributed by atoms with van der Waals surface area (Å²) in [6, 6.07) is 0. The van der Waals surface area contributed by atoms with Crippen molar-refractivity contribution in [3.63, 3.8) is 0 Å². The second-order valence-electron chi connectivity index (χ2n) is 5.51. The molecule has 3 aromatic heterocycles. The number of nitrogens with one attached hydrogen (secondary N) is 1. The molecule has 0 radical (unpaired) electrons. The van der Waals surface area contributed by atoms with Crippen molar-refractivity contribution in [2.75, 3.05) is 5.43 Å². The Morgan fingerprint density at radius 1 is 1.40 bits per heavy atom. The lowest BCUT2D eigenvalue weighted by Gasteiger charge is -2.17. The van der Waals surface area contributed by atoms with E-state index in [9.17, 15) is 0 Å². The number of fused-ring (bicyclic) bond motifs is 5. The topological polar surface area (TPSA) is 81.1 Å². The summed E-state index contributed by atoms with van der Waals surface area (Å²) < 4.78 is 1.71. The maximum absolute atomic E-state index is 5.56. The van der Waals surface area contributed by atoms with Crippen LogP contribution in [-0.4, -0.2) is 19.6 Å². The Kier molecular flexibility index (Phi) is 2.49. The Balaban J connectivity index is 2.13. The Morgan fingerprint density at radius 2 is 2.25 bits per heavy atom. The molecule has 1 aliphatic carbocycles. The van der Waals surface area contributed by atoms with Crippen LogP contribution in [0.25, 0.3) is 15.9 Å². The van der Waals surface area contributed by atoms with Crippen molar-refractivity contribution in [1.82, 2.24) is 19.6 Å². The molecule has 4 rings (SSSR count). The number of nitrogen functional groups attached to an aromatic ring is 1. The number of anilines is 1. The number of aromatic nitrogens is 4. The van der Waals surface area contributed by atoms with Gasteiger partial charge in [0.1, 0.15) is 10.7 Å². The van der Waals surface area contributed by atoms with Gasteiger partial charge in [-0.15, -0.1) is 16.4 Å². The molecule has 6 nitrogen and oxygen atoms in total. The first kappa shape index (κ1) is 12.0. The predicted molar refractivity (Wildman–Crippen MR) is 79.9 cm³/mol. The van der Waals surface area contributed by atoms with Crippen molar-refractivity contribution in [3.8, 4) is 0 Å². The van der Waals surface area contributed by atoms with Crippen LogP contribution < -0.4 is 11.3 Å². The normalized spacial score (nSPS) is 18.6. The molecule has 20 heavy (non-hydrogen) atoms. The van der Waals surface area contributed by atoms with Crippen molar-refractivity contribution in [2.24, 2.45) is 11.8 Å². The van der Waals surface area contributed by atoms with Gasteiger partial charge in [-0.05, 0) is 37.7 Å². The highest BCUT2D eigenvalue weighted by molar-refractivity contribution is 7.19. The van der Waals surface area contributed by atoms with Crippen molar-refractivity contribution in [3.05, 3.63) is 16.3 Å². The smallest absolute Gasteiger partial charge is 0.241 e. The minimum atomic E-state index is 0.541. The van der Waals surface area contributed by atoms with Gasteiger partial charge in [0.05, 0.1) is 5.39 Å². The van der Waals surface area contributed by atoms with Crippen LogP contribution >= 0.6 is 11.3 Å². The zero-order valence-electron chi connectivity index (χ0n) is 11.5. The molecule has 3 N–H and O–H groups in total. The molecule has 0 aliphatic heterocycles. The quantitative estimate of drug-likeness (QED) is 0.529. The van der Waals surface area contributed by atoms with Gasteiger partial charge in [0.15, 0.2) is 5.65 Å². The molecule has 0 saturated carbocycles. The lowest BCUT2D eigenvalue weighted by Crippen LogP contribution is -2.14. The minimum Gasteiger partial charge on any atom is -0.292 e. The monoisotopic (exact) mass is 288 g/mol. The zero-order chi connectivity index (χ0) is 13.9. The highest BCUT2D eigenvalue weighted by Gasteiger charge is 2.24. The number of nitrogens with two attached hydrogens (primary N) is 1. The third-order valence-corrected chi connectivity index (χ3v) is 5.15. The molecule has 1 aliphatic rings. The van der Waals surface area contributed by atoms with E-state index in [0.717, 1.165) is 40.4 Å². The van der Waals surface area contributed by atoms with Gasteiger partial charge in [-0.3, -0.25) is 5.43 Å². The Morgan fingerprint density at radius 3 is 3.05 bits per heavy atom. The first-order valence-corrected chi connectivity index (χ1v) is 7.63. The summed E-state index contributed by atoms with van der Waals surface area (Å²) in [5, 5.41) is 5.55. The molecule has 3 heterocycles. The fourth-order valence-corrected chi connectivity index (χ4v) is 4.23. The molecule has 0 amide bonds. The van der Waals surface area contributed by atoms with Crippen LogP contribution in [0.5, 0.6) is 0 Å². The fourth-order valence-electron chi connectivity index (χ4n) is 3.01. The molecule has 0 fully saturated rings. The number of aryl methyl sites for hydroxylation is 2. The molecule has 0 bridgehead atoms. The van der Waals surface area contributed by atoms with Crippen LogP contribution in [0, 0.1) is 12.8 Å². The van der Waals surface area contributed by atoms with Crippen LogP contribution in [0.3, 0.4) is 0 Å². The largest absolute Gasteiger partial charge is 0.292 e. The van der Waals surface area contributed by atoms with E-state index in [2.05, 4.69) is 27.4 Å². The van der Waals surface area contributed by atoms with Crippen LogP contribution in [0.1, 0.15) is 29.6 Å². The van der Waals surface area contributed by atoms with Gasteiger partial charge in [-0.1, -0.05) is 6.92 Å². The Labute approximate surface area is 120 Å². The number of rotatable bonds is 1. The lowest BCUT2D eigenvalue weighted by molar-refractivity contribution is 0.508. The van der Waals surface area contributed by atoms with E-state index in [4.69, 9.17) is 5.84 Å². The van der Waals surface area contributed by atoms with Gasteiger partial charge >= 0.3 is 0 Å². The average Bonchev–Trinajstić information content (AvgIpc) is 2.96. The van der Waals surface area contributed by atoms with Gasteiger partial charge in [0.25, 0.3) is 0 Å². The Hall–Kier alpha value is -1.73. The lowest BCUT2D eigenvalue weighted by atomic mass is 9.89. The Bertz CT molecular complexity index is 817. The van der Waals surface area contributed by atoms with E-state index in [1.54, 1.807) is 15.9 Å². The first-order chi connectivity index (χ1) is 9.67. The highest BCUT2D eigenvalue weighted by Crippen LogP contribution is 2.39.